The fourth-order valence-electron chi connectivity index (χ4n) is 5.65. The summed E-state index contributed by atoms with van der Waals surface area (Å²) in [4.78, 5) is 45.3. The number of nitrogens with zero attached hydrogens (tertiary/aromatic N) is 5. The van der Waals surface area contributed by atoms with E-state index >= 15 is 0 Å². The summed E-state index contributed by atoms with van der Waals surface area (Å²) in [5.74, 6) is 0.341. The molecule has 1 atom stereocenters. The summed E-state index contributed by atoms with van der Waals surface area (Å²) in [7, 11) is 0. The molecule has 0 fully saturated rings. The van der Waals surface area contributed by atoms with Crippen LogP contribution in [0.2, 0.25) is 0 Å². The average Bonchev–Trinajstić information content (AvgIpc) is 3.10. The van der Waals surface area contributed by atoms with E-state index in [0.717, 1.165) is 39.9 Å². The van der Waals surface area contributed by atoms with Crippen LogP contribution in [0.3, 0.4) is 0 Å². The van der Waals surface area contributed by atoms with Crippen LogP contribution in [-0.2, 0) is 35.5 Å². The molecule has 7 heteroatoms. The highest BCUT2D eigenvalue weighted by Crippen LogP contribution is 2.24. The highest BCUT2D eigenvalue weighted by molar-refractivity contribution is 5.95. The molecule has 0 radical (unpaired) electrons. The minimum atomic E-state index is -0.705. The van der Waals surface area contributed by atoms with Crippen molar-refractivity contribution in [3.63, 3.8) is 0 Å². The molecule has 0 aliphatic carbocycles. The van der Waals surface area contributed by atoms with Crippen molar-refractivity contribution in [3.05, 3.63) is 155 Å². The van der Waals surface area contributed by atoms with E-state index in [9.17, 15) is 9.59 Å². The summed E-state index contributed by atoms with van der Waals surface area (Å²) in [6, 6.07) is 31.0. The van der Waals surface area contributed by atoms with Crippen molar-refractivity contribution in [1.82, 2.24) is 24.8 Å². The first-order valence-electron chi connectivity index (χ1n) is 15.2. The summed E-state index contributed by atoms with van der Waals surface area (Å²) in [5, 5.41) is 0. The number of hydrogen-bond acceptors (Lipinski definition) is 5. The summed E-state index contributed by atoms with van der Waals surface area (Å²) < 4.78 is 0. The zero-order valence-corrected chi connectivity index (χ0v) is 25.3. The lowest BCUT2D eigenvalue weighted by Crippen LogP contribution is -2.52. The van der Waals surface area contributed by atoms with Gasteiger partial charge in [-0.25, -0.2) is 9.97 Å². The predicted molar refractivity (Wildman–Crippen MR) is 176 cm³/mol. The van der Waals surface area contributed by atoms with Crippen LogP contribution in [0.4, 0.5) is 0 Å². The minimum absolute atomic E-state index is 0.0542. The van der Waals surface area contributed by atoms with Gasteiger partial charge in [-0.05, 0) is 59.4 Å². The standard InChI is InChI=1S/C38H35N5O2/c1-28-12-13-30(25-41-28)16-19-36(44)43(26-31-14-17-33(18-15-31)37-39-21-7-22-40-37)35(24-29-8-3-2-4-9-29)38(45)42-23-20-32-10-5-6-11-34(32)27-42/h2-19,21-22,25,35H,20,23-24,26-27H2,1H3/t35-/m0/s1. The van der Waals surface area contributed by atoms with Crippen LogP contribution in [0.25, 0.3) is 17.5 Å². The van der Waals surface area contributed by atoms with E-state index < -0.39 is 6.04 Å². The van der Waals surface area contributed by atoms with Gasteiger partial charge in [-0.2, -0.15) is 0 Å². The molecule has 1 aliphatic heterocycles. The maximum atomic E-state index is 14.5. The predicted octanol–water partition coefficient (Wildman–Crippen LogP) is 6.09. The molecule has 2 amide bonds. The molecule has 0 spiro atoms. The maximum absolute atomic E-state index is 14.5. The van der Waals surface area contributed by atoms with Crippen LogP contribution in [0.5, 0.6) is 0 Å². The van der Waals surface area contributed by atoms with Crippen LogP contribution in [0.1, 0.15) is 33.5 Å². The van der Waals surface area contributed by atoms with Gasteiger partial charge in [-0.1, -0.05) is 84.9 Å². The second-order valence-corrected chi connectivity index (χ2v) is 11.3. The third-order valence-corrected chi connectivity index (χ3v) is 8.14. The number of fused-ring (bicyclic) bond motifs is 1. The zero-order valence-electron chi connectivity index (χ0n) is 25.3. The lowest BCUT2D eigenvalue weighted by molar-refractivity contribution is -0.144. The van der Waals surface area contributed by atoms with Gasteiger partial charge in [0.05, 0.1) is 0 Å². The smallest absolute Gasteiger partial charge is 0.247 e. The number of rotatable bonds is 9. The molecule has 224 valence electrons. The molecule has 3 heterocycles. The Kier molecular flexibility index (Phi) is 9.16. The summed E-state index contributed by atoms with van der Waals surface area (Å²) >= 11 is 0. The van der Waals surface area contributed by atoms with Crippen molar-refractivity contribution in [2.24, 2.45) is 0 Å². The molecule has 45 heavy (non-hydrogen) atoms. The first-order valence-corrected chi connectivity index (χ1v) is 15.2. The Morgan fingerprint density at radius 1 is 0.822 bits per heavy atom. The molecule has 7 nitrogen and oxygen atoms in total. The Morgan fingerprint density at radius 2 is 1.56 bits per heavy atom. The van der Waals surface area contributed by atoms with Crippen LogP contribution in [-0.4, -0.2) is 49.2 Å². The Balaban J connectivity index is 1.34. The van der Waals surface area contributed by atoms with Gasteiger partial charge < -0.3 is 9.80 Å². The minimum Gasteiger partial charge on any atom is -0.336 e. The van der Waals surface area contributed by atoms with Gasteiger partial charge >= 0.3 is 0 Å². The van der Waals surface area contributed by atoms with Gasteiger partial charge in [0, 0.05) is 62.0 Å². The molecule has 0 saturated heterocycles. The van der Waals surface area contributed by atoms with Crippen molar-refractivity contribution >= 4 is 17.9 Å². The fraction of sp³-hybridized carbons (Fsp3) is 0.184. The average molecular weight is 594 g/mol. The molecule has 2 aromatic heterocycles. The number of aryl methyl sites for hydroxylation is 1. The van der Waals surface area contributed by atoms with E-state index in [1.807, 2.05) is 90.7 Å². The first kappa shape index (κ1) is 29.6. The maximum Gasteiger partial charge on any atom is 0.247 e. The zero-order chi connectivity index (χ0) is 31.0. The summed E-state index contributed by atoms with van der Waals surface area (Å²) in [6.45, 7) is 3.33. The van der Waals surface area contributed by atoms with Gasteiger partial charge in [-0.15, -0.1) is 0 Å². The van der Waals surface area contributed by atoms with Crippen molar-refractivity contribution in [2.45, 2.75) is 38.9 Å². The Morgan fingerprint density at radius 3 is 2.29 bits per heavy atom. The third kappa shape index (κ3) is 7.39. The number of hydrogen-bond donors (Lipinski definition) is 0. The monoisotopic (exact) mass is 593 g/mol. The van der Waals surface area contributed by atoms with E-state index in [4.69, 9.17) is 0 Å². The van der Waals surface area contributed by atoms with Crippen LogP contribution >= 0.6 is 0 Å². The van der Waals surface area contributed by atoms with Crippen LogP contribution < -0.4 is 0 Å². The number of carbonyl (C=O) groups excluding carboxylic acids is 2. The number of benzene rings is 3. The molecule has 0 N–H and O–H groups in total. The third-order valence-electron chi connectivity index (χ3n) is 8.14. The molecule has 0 bridgehead atoms. The van der Waals surface area contributed by atoms with Gasteiger partial charge in [-0.3, -0.25) is 14.6 Å². The van der Waals surface area contributed by atoms with E-state index in [1.54, 1.807) is 41.7 Å². The SMILES string of the molecule is Cc1ccc(C=CC(=O)N(Cc2ccc(-c3ncccn3)cc2)[C@@H](Cc2ccccc2)C(=O)N2CCc3ccccc3C2)cn1. The van der Waals surface area contributed by atoms with Gasteiger partial charge in [0.2, 0.25) is 11.8 Å². The summed E-state index contributed by atoms with van der Waals surface area (Å²) in [5.41, 5.74) is 6.93. The van der Waals surface area contributed by atoms with E-state index in [2.05, 4.69) is 27.1 Å². The number of carbonyl (C=O) groups is 2. The Hall–Kier alpha value is -5.43. The van der Waals surface area contributed by atoms with Crippen LogP contribution in [0, 0.1) is 6.92 Å². The second-order valence-electron chi connectivity index (χ2n) is 11.3. The fourth-order valence-corrected chi connectivity index (χ4v) is 5.65. The lowest BCUT2D eigenvalue weighted by Gasteiger charge is -2.37. The number of aromatic nitrogens is 3. The van der Waals surface area contributed by atoms with Crippen molar-refractivity contribution in [3.8, 4) is 11.4 Å². The highest BCUT2D eigenvalue weighted by Gasteiger charge is 2.34. The molecule has 0 unspecified atom stereocenters. The Labute approximate surface area is 263 Å². The van der Waals surface area contributed by atoms with E-state index in [1.165, 1.54) is 5.56 Å². The Bertz CT molecular complexity index is 1770. The molecule has 3 aromatic carbocycles. The highest BCUT2D eigenvalue weighted by atomic mass is 16.2. The normalized spacial score (nSPS) is 13.3. The van der Waals surface area contributed by atoms with Crippen molar-refractivity contribution < 1.29 is 9.59 Å². The largest absolute Gasteiger partial charge is 0.336 e. The van der Waals surface area contributed by atoms with E-state index in [0.29, 0.717) is 25.3 Å². The molecular formula is C38H35N5O2. The van der Waals surface area contributed by atoms with E-state index in [-0.39, 0.29) is 18.4 Å². The number of pyridine rings is 1. The first-order chi connectivity index (χ1) is 22.0. The van der Waals surface area contributed by atoms with Crippen LogP contribution in [0.15, 0.2) is 122 Å². The lowest BCUT2D eigenvalue weighted by atomic mass is 9.97. The van der Waals surface area contributed by atoms with Gasteiger partial charge in [0.25, 0.3) is 0 Å². The molecule has 6 rings (SSSR count). The molecular weight excluding hydrogens is 558 g/mol. The quantitative estimate of drug-likeness (QED) is 0.194. The van der Waals surface area contributed by atoms with Gasteiger partial charge in [0.1, 0.15) is 6.04 Å². The second kappa shape index (κ2) is 13.9. The molecule has 0 saturated carbocycles. The molecule has 5 aromatic rings. The summed E-state index contributed by atoms with van der Waals surface area (Å²) in [6.07, 6.45) is 9.67. The van der Waals surface area contributed by atoms with Crippen molar-refractivity contribution in [1.29, 1.82) is 0 Å². The van der Waals surface area contributed by atoms with Crippen molar-refractivity contribution in [2.75, 3.05) is 6.54 Å². The van der Waals surface area contributed by atoms with Gasteiger partial charge in [0.15, 0.2) is 5.82 Å². The topological polar surface area (TPSA) is 79.3 Å². The number of amides is 2. The molecule has 1 aliphatic rings.